The van der Waals surface area contributed by atoms with Crippen LogP contribution in [0.3, 0.4) is 0 Å². The molecule has 1 rings (SSSR count). The van der Waals surface area contributed by atoms with Crippen molar-refractivity contribution in [2.45, 2.75) is 18.9 Å². The Hall–Kier alpha value is -0.860. The summed E-state index contributed by atoms with van der Waals surface area (Å²) in [7, 11) is -1.75. The van der Waals surface area contributed by atoms with Gasteiger partial charge in [0.2, 0.25) is 10.0 Å². The number of amides is 2. The maximum absolute atomic E-state index is 11.4. The molecule has 106 valence electrons. The molecule has 7 nitrogen and oxygen atoms in total. The lowest BCUT2D eigenvalue weighted by Gasteiger charge is -2.19. The number of hydrogen-bond donors (Lipinski definition) is 2. The zero-order valence-corrected chi connectivity index (χ0v) is 11.6. The van der Waals surface area contributed by atoms with Crippen molar-refractivity contribution in [3.8, 4) is 0 Å². The van der Waals surface area contributed by atoms with Gasteiger partial charge in [-0.05, 0) is 12.8 Å². The van der Waals surface area contributed by atoms with Gasteiger partial charge >= 0.3 is 6.03 Å². The molecule has 0 aliphatic heterocycles. The summed E-state index contributed by atoms with van der Waals surface area (Å²) >= 11 is 0. The number of rotatable bonds is 8. The number of carbonyl (C=O) groups is 1. The summed E-state index contributed by atoms with van der Waals surface area (Å²) in [5.41, 5.74) is 0. The number of nitrogens with zero attached hydrogens (tertiary/aromatic N) is 1. The average molecular weight is 279 g/mol. The van der Waals surface area contributed by atoms with E-state index in [0.717, 1.165) is 19.1 Å². The summed E-state index contributed by atoms with van der Waals surface area (Å²) in [6, 6.07) is 0.0576. The van der Waals surface area contributed by atoms with E-state index in [2.05, 4.69) is 10.6 Å². The van der Waals surface area contributed by atoms with Gasteiger partial charge in [-0.3, -0.25) is 0 Å². The van der Waals surface area contributed by atoms with Crippen LogP contribution in [0.2, 0.25) is 0 Å². The predicted molar refractivity (Wildman–Crippen MR) is 67.8 cm³/mol. The Morgan fingerprint density at radius 1 is 1.39 bits per heavy atom. The first-order valence-corrected chi connectivity index (χ1v) is 7.76. The monoisotopic (exact) mass is 279 g/mol. The predicted octanol–water partition coefficient (Wildman–Crippen LogP) is -0.644. The van der Waals surface area contributed by atoms with Crippen LogP contribution < -0.4 is 10.6 Å². The van der Waals surface area contributed by atoms with Crippen LogP contribution in [0.25, 0.3) is 0 Å². The molecule has 0 radical (unpaired) electrons. The van der Waals surface area contributed by atoms with Gasteiger partial charge in [-0.2, -0.15) is 4.31 Å². The summed E-state index contributed by atoms with van der Waals surface area (Å²) in [5.74, 6) is 0. The van der Waals surface area contributed by atoms with E-state index in [1.807, 2.05) is 0 Å². The summed E-state index contributed by atoms with van der Waals surface area (Å²) in [6.07, 6.45) is 3.19. The van der Waals surface area contributed by atoms with Gasteiger partial charge in [0.1, 0.15) is 0 Å². The molecule has 1 aliphatic carbocycles. The zero-order valence-electron chi connectivity index (χ0n) is 10.8. The number of nitrogens with one attached hydrogen (secondary N) is 2. The van der Waals surface area contributed by atoms with Crippen LogP contribution in [0, 0.1) is 0 Å². The van der Waals surface area contributed by atoms with E-state index < -0.39 is 10.0 Å². The normalized spacial score (nSPS) is 15.7. The third kappa shape index (κ3) is 6.18. The minimum atomic E-state index is -3.26. The molecule has 1 saturated carbocycles. The Kier molecular flexibility index (Phi) is 5.83. The van der Waals surface area contributed by atoms with Gasteiger partial charge in [0.25, 0.3) is 0 Å². The van der Waals surface area contributed by atoms with Crippen molar-refractivity contribution in [3.63, 3.8) is 0 Å². The number of urea groups is 1. The van der Waals surface area contributed by atoms with Crippen LogP contribution in [-0.4, -0.2) is 64.4 Å². The highest BCUT2D eigenvalue weighted by Crippen LogP contribution is 2.18. The highest BCUT2D eigenvalue weighted by Gasteiger charge is 2.23. The molecule has 0 spiro atoms. The lowest BCUT2D eigenvalue weighted by Crippen LogP contribution is -2.43. The second-order valence-electron chi connectivity index (χ2n) is 4.33. The number of sulfonamides is 1. The topological polar surface area (TPSA) is 87.7 Å². The van der Waals surface area contributed by atoms with E-state index in [9.17, 15) is 13.2 Å². The molecule has 18 heavy (non-hydrogen) atoms. The first-order valence-electron chi connectivity index (χ1n) is 5.92. The van der Waals surface area contributed by atoms with Gasteiger partial charge in [0.15, 0.2) is 0 Å². The van der Waals surface area contributed by atoms with Crippen molar-refractivity contribution in [3.05, 3.63) is 0 Å². The van der Waals surface area contributed by atoms with Crippen LogP contribution >= 0.6 is 0 Å². The Bertz CT molecular complexity index is 367. The molecule has 1 fully saturated rings. The molecule has 0 aromatic carbocycles. The second kappa shape index (κ2) is 6.91. The molecule has 0 aromatic rings. The van der Waals surface area contributed by atoms with Crippen molar-refractivity contribution < 1.29 is 17.9 Å². The second-order valence-corrected chi connectivity index (χ2v) is 6.31. The van der Waals surface area contributed by atoms with E-state index in [0.29, 0.717) is 19.2 Å². The molecular formula is C10H21N3O4S. The molecule has 0 saturated heterocycles. The molecule has 0 aromatic heterocycles. The first kappa shape index (κ1) is 15.2. The average Bonchev–Trinajstić information content (AvgIpc) is 3.05. The van der Waals surface area contributed by atoms with E-state index in [1.54, 1.807) is 0 Å². The fourth-order valence-electron chi connectivity index (χ4n) is 1.39. The SMILES string of the molecule is COCCN(CCNC(=O)NC1CC1)S(C)(=O)=O. The van der Waals surface area contributed by atoms with E-state index in [4.69, 9.17) is 4.74 Å². The fourth-order valence-corrected chi connectivity index (χ4v) is 2.22. The fraction of sp³-hybridized carbons (Fsp3) is 0.900. The molecule has 0 unspecified atom stereocenters. The Balaban J connectivity index is 2.25. The number of carbonyl (C=O) groups excluding carboxylic acids is 1. The summed E-state index contributed by atoms with van der Waals surface area (Å²) in [6.45, 7) is 1.16. The maximum Gasteiger partial charge on any atom is 0.315 e. The van der Waals surface area contributed by atoms with Crippen LogP contribution in [-0.2, 0) is 14.8 Å². The summed E-state index contributed by atoms with van der Waals surface area (Å²) in [4.78, 5) is 11.3. The Morgan fingerprint density at radius 2 is 2.06 bits per heavy atom. The number of ether oxygens (including phenoxy) is 1. The van der Waals surface area contributed by atoms with E-state index >= 15 is 0 Å². The highest BCUT2D eigenvalue weighted by molar-refractivity contribution is 7.88. The number of hydrogen-bond acceptors (Lipinski definition) is 4. The minimum absolute atomic E-state index is 0.238. The van der Waals surface area contributed by atoms with Gasteiger partial charge in [-0.25, -0.2) is 13.2 Å². The quantitative estimate of drug-likeness (QED) is 0.618. The third-order valence-corrected chi connectivity index (χ3v) is 3.88. The lowest BCUT2D eigenvalue weighted by molar-refractivity contribution is 0.179. The number of methoxy groups -OCH3 is 1. The summed E-state index contributed by atoms with van der Waals surface area (Å²) < 4.78 is 29.0. The van der Waals surface area contributed by atoms with Gasteiger partial charge in [0.05, 0.1) is 12.9 Å². The van der Waals surface area contributed by atoms with Crippen LogP contribution in [0.1, 0.15) is 12.8 Å². The maximum atomic E-state index is 11.4. The third-order valence-electron chi connectivity index (χ3n) is 2.57. The standard InChI is InChI=1S/C10H21N3O4S/c1-17-8-7-13(18(2,15)16)6-5-11-10(14)12-9-3-4-9/h9H,3-8H2,1-2H3,(H2,11,12,14). The molecular weight excluding hydrogens is 258 g/mol. The van der Waals surface area contributed by atoms with Crippen LogP contribution in [0.4, 0.5) is 4.79 Å². The molecule has 2 N–H and O–H groups in total. The molecule has 1 aliphatic rings. The van der Waals surface area contributed by atoms with Gasteiger partial charge in [0, 0.05) is 32.8 Å². The zero-order chi connectivity index (χ0) is 13.6. The molecule has 0 bridgehead atoms. The molecule has 0 heterocycles. The van der Waals surface area contributed by atoms with Crippen molar-refractivity contribution >= 4 is 16.1 Å². The van der Waals surface area contributed by atoms with E-state index in [-0.39, 0.29) is 19.1 Å². The summed E-state index contributed by atoms with van der Waals surface area (Å²) in [5, 5.41) is 5.40. The van der Waals surface area contributed by atoms with Gasteiger partial charge in [-0.1, -0.05) is 0 Å². The molecule has 8 heteroatoms. The van der Waals surface area contributed by atoms with Crippen molar-refractivity contribution in [1.29, 1.82) is 0 Å². The van der Waals surface area contributed by atoms with Gasteiger partial charge < -0.3 is 15.4 Å². The first-order chi connectivity index (χ1) is 8.43. The highest BCUT2D eigenvalue weighted by atomic mass is 32.2. The Labute approximate surface area is 108 Å². The van der Waals surface area contributed by atoms with Crippen molar-refractivity contribution in [2.24, 2.45) is 0 Å². The Morgan fingerprint density at radius 3 is 2.56 bits per heavy atom. The molecule has 0 atom stereocenters. The largest absolute Gasteiger partial charge is 0.383 e. The van der Waals surface area contributed by atoms with Crippen LogP contribution in [0.5, 0.6) is 0 Å². The van der Waals surface area contributed by atoms with Crippen molar-refractivity contribution in [2.75, 3.05) is 39.6 Å². The van der Waals surface area contributed by atoms with Crippen LogP contribution in [0.15, 0.2) is 0 Å². The molecule has 2 amide bonds. The minimum Gasteiger partial charge on any atom is -0.383 e. The smallest absolute Gasteiger partial charge is 0.315 e. The van der Waals surface area contributed by atoms with E-state index in [1.165, 1.54) is 11.4 Å². The lowest BCUT2D eigenvalue weighted by atomic mass is 10.5. The van der Waals surface area contributed by atoms with Gasteiger partial charge in [-0.15, -0.1) is 0 Å². The van der Waals surface area contributed by atoms with Crippen molar-refractivity contribution in [1.82, 2.24) is 14.9 Å².